The minimum Gasteiger partial charge on any atom is -0.409 e. The van der Waals surface area contributed by atoms with Gasteiger partial charge < -0.3 is 16.3 Å². The number of anilines is 1. The van der Waals surface area contributed by atoms with Crippen LogP contribution in [-0.2, 0) is 11.2 Å². The van der Waals surface area contributed by atoms with Gasteiger partial charge in [-0.25, -0.2) is 0 Å². The quantitative estimate of drug-likeness (QED) is 0.340. The third-order valence-electron chi connectivity index (χ3n) is 3.06. The third kappa shape index (κ3) is 4.35. The zero-order valence-electron chi connectivity index (χ0n) is 11.5. The molecule has 0 bridgehead atoms. The third-order valence-corrected chi connectivity index (χ3v) is 3.06. The molecule has 0 heterocycles. The molecule has 0 spiro atoms. The summed E-state index contributed by atoms with van der Waals surface area (Å²) in [6, 6.07) is 16.7. The van der Waals surface area contributed by atoms with Gasteiger partial charge in [-0.05, 0) is 36.2 Å². The maximum absolute atomic E-state index is 11.9. The van der Waals surface area contributed by atoms with Gasteiger partial charge in [0.2, 0.25) is 5.91 Å². The Kier molecular flexibility index (Phi) is 4.93. The van der Waals surface area contributed by atoms with Gasteiger partial charge in [0, 0.05) is 17.7 Å². The number of oxime groups is 1. The van der Waals surface area contributed by atoms with E-state index in [9.17, 15) is 4.79 Å². The Labute approximate surface area is 123 Å². The maximum atomic E-state index is 11.9. The Balaban J connectivity index is 1.88. The van der Waals surface area contributed by atoms with E-state index in [1.165, 1.54) is 0 Å². The van der Waals surface area contributed by atoms with Gasteiger partial charge in [0.25, 0.3) is 0 Å². The lowest BCUT2D eigenvalue weighted by Gasteiger charge is -2.06. The predicted molar refractivity (Wildman–Crippen MR) is 82.3 cm³/mol. The van der Waals surface area contributed by atoms with E-state index < -0.39 is 0 Å². The molecule has 0 aromatic heterocycles. The number of amides is 1. The number of benzene rings is 2. The average Bonchev–Trinajstić information content (AvgIpc) is 2.54. The van der Waals surface area contributed by atoms with E-state index in [0.29, 0.717) is 24.1 Å². The van der Waals surface area contributed by atoms with E-state index in [-0.39, 0.29) is 11.7 Å². The Morgan fingerprint density at radius 3 is 2.38 bits per heavy atom. The number of hydrogen-bond donors (Lipinski definition) is 3. The van der Waals surface area contributed by atoms with Crippen LogP contribution in [0.4, 0.5) is 5.69 Å². The fourth-order valence-corrected chi connectivity index (χ4v) is 1.91. The molecule has 5 heteroatoms. The molecule has 2 rings (SSSR count). The first-order valence-electron chi connectivity index (χ1n) is 6.61. The van der Waals surface area contributed by atoms with Gasteiger partial charge in [-0.3, -0.25) is 4.79 Å². The molecule has 0 aliphatic rings. The average molecular weight is 283 g/mol. The summed E-state index contributed by atoms with van der Waals surface area (Å²) in [6.07, 6.45) is 1.13. The van der Waals surface area contributed by atoms with Gasteiger partial charge in [-0.2, -0.15) is 0 Å². The van der Waals surface area contributed by atoms with Crippen LogP contribution in [0.2, 0.25) is 0 Å². The molecule has 21 heavy (non-hydrogen) atoms. The maximum Gasteiger partial charge on any atom is 0.224 e. The molecule has 0 aliphatic heterocycles. The van der Waals surface area contributed by atoms with Crippen molar-refractivity contribution in [2.24, 2.45) is 10.9 Å². The topological polar surface area (TPSA) is 87.7 Å². The smallest absolute Gasteiger partial charge is 0.224 e. The van der Waals surface area contributed by atoms with Gasteiger partial charge >= 0.3 is 0 Å². The molecule has 0 atom stereocenters. The summed E-state index contributed by atoms with van der Waals surface area (Å²) in [5.74, 6) is -0.00708. The minimum absolute atomic E-state index is 0.0388. The van der Waals surface area contributed by atoms with Crippen LogP contribution in [0.5, 0.6) is 0 Å². The van der Waals surface area contributed by atoms with Gasteiger partial charge in [-0.15, -0.1) is 0 Å². The summed E-state index contributed by atoms with van der Waals surface area (Å²) in [7, 11) is 0. The van der Waals surface area contributed by atoms with Crippen LogP contribution >= 0.6 is 0 Å². The van der Waals surface area contributed by atoms with Gasteiger partial charge in [-0.1, -0.05) is 35.5 Å². The lowest BCUT2D eigenvalue weighted by molar-refractivity contribution is -0.116. The highest BCUT2D eigenvalue weighted by molar-refractivity contribution is 5.98. The molecule has 108 valence electrons. The summed E-state index contributed by atoms with van der Waals surface area (Å²) < 4.78 is 0. The second-order valence-electron chi connectivity index (χ2n) is 4.60. The highest BCUT2D eigenvalue weighted by atomic mass is 16.4. The Morgan fingerprint density at radius 1 is 1.10 bits per heavy atom. The summed E-state index contributed by atoms with van der Waals surface area (Å²) in [6.45, 7) is 0. The van der Waals surface area contributed by atoms with E-state index in [1.54, 1.807) is 24.3 Å². The van der Waals surface area contributed by atoms with Crippen molar-refractivity contribution < 1.29 is 10.0 Å². The number of carbonyl (C=O) groups excluding carboxylic acids is 1. The minimum atomic E-state index is -0.0459. The summed E-state index contributed by atoms with van der Waals surface area (Å²) in [4.78, 5) is 11.9. The highest BCUT2D eigenvalue weighted by Gasteiger charge is 2.04. The van der Waals surface area contributed by atoms with Crippen LogP contribution in [0.25, 0.3) is 0 Å². The number of nitrogens with zero attached hydrogens (tertiary/aromatic N) is 1. The second-order valence-corrected chi connectivity index (χ2v) is 4.60. The van der Waals surface area contributed by atoms with E-state index in [4.69, 9.17) is 10.9 Å². The van der Waals surface area contributed by atoms with Crippen LogP contribution in [0.1, 0.15) is 17.5 Å². The number of rotatable bonds is 5. The lowest BCUT2D eigenvalue weighted by Crippen LogP contribution is -2.14. The fourth-order valence-electron chi connectivity index (χ4n) is 1.91. The summed E-state index contributed by atoms with van der Waals surface area (Å²) >= 11 is 0. The Hall–Kier alpha value is -2.82. The number of aryl methyl sites for hydroxylation is 1. The van der Waals surface area contributed by atoms with Crippen LogP contribution < -0.4 is 11.1 Å². The van der Waals surface area contributed by atoms with Crippen molar-refractivity contribution in [3.8, 4) is 0 Å². The largest absolute Gasteiger partial charge is 0.409 e. The zero-order chi connectivity index (χ0) is 15.1. The molecule has 4 N–H and O–H groups in total. The Morgan fingerprint density at radius 2 is 1.76 bits per heavy atom. The number of hydrogen-bond acceptors (Lipinski definition) is 3. The van der Waals surface area contributed by atoms with Gasteiger partial charge in [0.05, 0.1) is 0 Å². The van der Waals surface area contributed by atoms with Crippen molar-refractivity contribution in [2.75, 3.05) is 5.32 Å². The Bertz CT molecular complexity index is 622. The molecule has 0 aliphatic carbocycles. The summed E-state index contributed by atoms with van der Waals surface area (Å²) in [5, 5.41) is 14.3. The normalized spacial score (nSPS) is 11.1. The number of nitrogens with two attached hydrogens (primary N) is 1. The van der Waals surface area contributed by atoms with Crippen molar-refractivity contribution in [3.05, 3.63) is 65.7 Å². The van der Waals surface area contributed by atoms with Crippen molar-refractivity contribution in [3.63, 3.8) is 0 Å². The molecule has 0 fully saturated rings. The monoisotopic (exact) mass is 283 g/mol. The lowest BCUT2D eigenvalue weighted by atomic mass is 10.1. The SMILES string of the molecule is N/C(=N/O)c1ccc(NC(=O)CCc2ccccc2)cc1. The molecule has 2 aromatic carbocycles. The number of nitrogens with one attached hydrogen (secondary N) is 1. The second kappa shape index (κ2) is 7.09. The van der Waals surface area contributed by atoms with Crippen LogP contribution in [0.3, 0.4) is 0 Å². The molecule has 2 aromatic rings. The van der Waals surface area contributed by atoms with Crippen molar-refractivity contribution in [1.82, 2.24) is 0 Å². The van der Waals surface area contributed by atoms with Crippen LogP contribution in [0.15, 0.2) is 59.8 Å². The molecule has 0 saturated carbocycles. The first-order chi connectivity index (χ1) is 10.2. The zero-order valence-corrected chi connectivity index (χ0v) is 11.5. The first kappa shape index (κ1) is 14.6. The van der Waals surface area contributed by atoms with Crippen LogP contribution in [0, 0.1) is 0 Å². The predicted octanol–water partition coefficient (Wildman–Crippen LogP) is 2.35. The number of amidine groups is 1. The van der Waals surface area contributed by atoms with E-state index in [1.807, 2.05) is 30.3 Å². The highest BCUT2D eigenvalue weighted by Crippen LogP contribution is 2.10. The molecular weight excluding hydrogens is 266 g/mol. The van der Waals surface area contributed by atoms with Gasteiger partial charge in [0.1, 0.15) is 0 Å². The standard InChI is InChI=1S/C16H17N3O2/c17-16(19-21)13-7-9-14(10-8-13)18-15(20)11-6-12-4-2-1-3-5-12/h1-5,7-10,21H,6,11H2,(H2,17,19)(H,18,20). The first-order valence-corrected chi connectivity index (χ1v) is 6.61. The van der Waals surface area contributed by atoms with E-state index >= 15 is 0 Å². The van der Waals surface area contributed by atoms with Crippen molar-refractivity contribution >= 4 is 17.4 Å². The van der Waals surface area contributed by atoms with Gasteiger partial charge in [0.15, 0.2) is 5.84 Å². The molecule has 0 saturated heterocycles. The molecular formula is C16H17N3O2. The van der Waals surface area contributed by atoms with E-state index in [2.05, 4.69) is 10.5 Å². The molecule has 0 unspecified atom stereocenters. The molecule has 0 radical (unpaired) electrons. The van der Waals surface area contributed by atoms with Crippen molar-refractivity contribution in [2.45, 2.75) is 12.8 Å². The van der Waals surface area contributed by atoms with Crippen molar-refractivity contribution in [1.29, 1.82) is 0 Å². The number of carbonyl (C=O) groups is 1. The van der Waals surface area contributed by atoms with E-state index in [0.717, 1.165) is 5.56 Å². The molecule has 5 nitrogen and oxygen atoms in total. The summed E-state index contributed by atoms with van der Waals surface area (Å²) in [5.41, 5.74) is 7.88. The fraction of sp³-hybridized carbons (Fsp3) is 0.125. The molecule has 1 amide bonds. The van der Waals surface area contributed by atoms with Crippen LogP contribution in [-0.4, -0.2) is 17.0 Å².